The van der Waals surface area contributed by atoms with E-state index in [1.807, 2.05) is 0 Å². The van der Waals surface area contributed by atoms with E-state index in [1.165, 1.54) is 13.0 Å². The zero-order valence-electron chi connectivity index (χ0n) is 11.2. The fourth-order valence-electron chi connectivity index (χ4n) is 3.02. The van der Waals surface area contributed by atoms with Crippen molar-refractivity contribution in [3.05, 3.63) is 33.6 Å². The van der Waals surface area contributed by atoms with Crippen molar-refractivity contribution < 1.29 is 9.50 Å². The molecule has 1 N–H and O–H groups in total. The van der Waals surface area contributed by atoms with Gasteiger partial charge in [-0.05, 0) is 31.9 Å². The molecule has 1 aromatic carbocycles. The third-order valence-electron chi connectivity index (χ3n) is 4.39. The van der Waals surface area contributed by atoms with Gasteiger partial charge in [-0.25, -0.2) is 4.39 Å². The Bertz CT molecular complexity index is 560. The quantitative estimate of drug-likeness (QED) is 0.795. The first kappa shape index (κ1) is 15.6. The van der Waals surface area contributed by atoms with Crippen molar-refractivity contribution in [2.45, 2.75) is 44.6 Å². The van der Waals surface area contributed by atoms with E-state index in [0.717, 1.165) is 25.3 Å². The highest BCUT2D eigenvalue weighted by Crippen LogP contribution is 2.51. The van der Waals surface area contributed by atoms with Crippen LogP contribution in [0.15, 0.2) is 12.1 Å². The van der Waals surface area contributed by atoms with Gasteiger partial charge in [0, 0.05) is 10.6 Å². The number of aliphatic hydroxyl groups is 1. The van der Waals surface area contributed by atoms with Crippen molar-refractivity contribution in [1.29, 1.82) is 5.26 Å². The Morgan fingerprint density at radius 1 is 1.25 bits per heavy atom. The number of rotatable bonds is 2. The minimum Gasteiger partial charge on any atom is -0.384 e. The second-order valence-corrected chi connectivity index (χ2v) is 6.39. The Kier molecular flexibility index (Phi) is 4.30. The van der Waals surface area contributed by atoms with Crippen molar-refractivity contribution in [3.8, 4) is 6.07 Å². The minimum absolute atomic E-state index is 0.0933. The van der Waals surface area contributed by atoms with Gasteiger partial charge in [0.1, 0.15) is 11.4 Å². The zero-order valence-corrected chi connectivity index (χ0v) is 12.7. The summed E-state index contributed by atoms with van der Waals surface area (Å²) >= 11 is 11.8. The number of halogens is 3. The summed E-state index contributed by atoms with van der Waals surface area (Å²) in [6, 6.07) is 4.66. The number of nitriles is 1. The van der Waals surface area contributed by atoms with Gasteiger partial charge in [-0.3, -0.25) is 0 Å². The van der Waals surface area contributed by atoms with Gasteiger partial charge in [0.25, 0.3) is 0 Å². The van der Waals surface area contributed by atoms with E-state index in [-0.39, 0.29) is 15.6 Å². The maximum Gasteiger partial charge on any atom is 0.142 e. The van der Waals surface area contributed by atoms with Gasteiger partial charge in [0.05, 0.1) is 16.5 Å². The van der Waals surface area contributed by atoms with E-state index in [4.69, 9.17) is 23.2 Å². The van der Waals surface area contributed by atoms with Crippen LogP contribution >= 0.6 is 23.2 Å². The summed E-state index contributed by atoms with van der Waals surface area (Å²) in [4.78, 5) is 0. The molecule has 1 unspecified atom stereocenters. The number of hydrogen-bond donors (Lipinski definition) is 1. The molecule has 108 valence electrons. The van der Waals surface area contributed by atoms with Crippen LogP contribution in [0.3, 0.4) is 0 Å². The highest BCUT2D eigenvalue weighted by atomic mass is 35.5. The zero-order chi connectivity index (χ0) is 15.0. The molecule has 0 bridgehead atoms. The predicted molar refractivity (Wildman–Crippen MR) is 77.1 cm³/mol. The van der Waals surface area contributed by atoms with Gasteiger partial charge < -0.3 is 5.11 Å². The lowest BCUT2D eigenvalue weighted by Gasteiger charge is -2.43. The average molecular weight is 316 g/mol. The molecule has 1 saturated carbocycles. The topological polar surface area (TPSA) is 44.0 Å². The maximum atomic E-state index is 13.7. The summed E-state index contributed by atoms with van der Waals surface area (Å²) in [5.74, 6) is -0.643. The van der Waals surface area contributed by atoms with Crippen LogP contribution < -0.4 is 0 Å². The van der Waals surface area contributed by atoms with Crippen molar-refractivity contribution >= 4 is 23.2 Å². The Hall–Kier alpha value is -0.820. The van der Waals surface area contributed by atoms with Crippen LogP contribution in [-0.4, -0.2) is 5.11 Å². The number of benzene rings is 1. The minimum atomic E-state index is -1.51. The van der Waals surface area contributed by atoms with Crippen LogP contribution in [0.25, 0.3) is 0 Å². The molecular formula is C15H16Cl2FNO. The monoisotopic (exact) mass is 315 g/mol. The van der Waals surface area contributed by atoms with Crippen molar-refractivity contribution in [1.82, 2.24) is 0 Å². The molecule has 1 aliphatic rings. The van der Waals surface area contributed by atoms with E-state index in [1.54, 1.807) is 0 Å². The van der Waals surface area contributed by atoms with Crippen molar-refractivity contribution in [2.24, 2.45) is 5.41 Å². The Morgan fingerprint density at radius 3 is 2.40 bits per heavy atom. The molecule has 0 amide bonds. The SMILES string of the molecule is CC(O)(c1cc(F)c(Cl)cc1Cl)C1(C#N)CCCCC1. The summed E-state index contributed by atoms with van der Waals surface area (Å²) < 4.78 is 13.7. The molecule has 0 spiro atoms. The molecule has 5 heteroatoms. The largest absolute Gasteiger partial charge is 0.384 e. The second kappa shape index (κ2) is 5.52. The smallest absolute Gasteiger partial charge is 0.142 e. The number of hydrogen-bond acceptors (Lipinski definition) is 2. The van der Waals surface area contributed by atoms with Crippen molar-refractivity contribution in [3.63, 3.8) is 0 Å². The summed E-state index contributed by atoms with van der Waals surface area (Å²) in [7, 11) is 0. The molecule has 1 atom stereocenters. The third-order valence-corrected chi connectivity index (χ3v) is 4.99. The predicted octanol–water partition coefficient (Wildman–Crippen LogP) is 4.81. The highest BCUT2D eigenvalue weighted by Gasteiger charge is 2.50. The molecule has 0 aromatic heterocycles. The van der Waals surface area contributed by atoms with Crippen LogP contribution in [0.5, 0.6) is 0 Å². The lowest BCUT2D eigenvalue weighted by atomic mass is 9.62. The van der Waals surface area contributed by atoms with Crippen LogP contribution in [0, 0.1) is 22.6 Å². The first-order chi connectivity index (χ1) is 9.34. The Morgan fingerprint density at radius 2 is 1.85 bits per heavy atom. The van der Waals surface area contributed by atoms with Gasteiger partial charge >= 0.3 is 0 Å². The first-order valence-corrected chi connectivity index (χ1v) is 7.38. The van der Waals surface area contributed by atoms with Crippen LogP contribution in [0.4, 0.5) is 4.39 Å². The standard InChI is InChI=1S/C15H16Cl2FNO/c1-14(20,15(9-19)5-3-2-4-6-15)10-7-13(18)12(17)8-11(10)16/h7-8,20H,2-6H2,1H3. The fraction of sp³-hybridized carbons (Fsp3) is 0.533. The van der Waals surface area contributed by atoms with Gasteiger partial charge in [0.15, 0.2) is 0 Å². The molecule has 2 nitrogen and oxygen atoms in total. The van der Waals surface area contributed by atoms with Gasteiger partial charge in [0.2, 0.25) is 0 Å². The molecule has 0 saturated heterocycles. The second-order valence-electron chi connectivity index (χ2n) is 5.57. The molecule has 2 rings (SSSR count). The van der Waals surface area contributed by atoms with Crippen LogP contribution in [-0.2, 0) is 5.60 Å². The lowest BCUT2D eigenvalue weighted by Crippen LogP contribution is -2.44. The molecule has 0 radical (unpaired) electrons. The van der Waals surface area contributed by atoms with E-state index in [0.29, 0.717) is 12.8 Å². The van der Waals surface area contributed by atoms with Gasteiger partial charge in [-0.2, -0.15) is 5.26 Å². The first-order valence-electron chi connectivity index (χ1n) is 6.63. The van der Waals surface area contributed by atoms with Crippen LogP contribution in [0.1, 0.15) is 44.6 Å². The number of nitrogens with zero attached hydrogens (tertiary/aromatic N) is 1. The Labute approximate surface area is 128 Å². The molecule has 1 aromatic rings. The van der Waals surface area contributed by atoms with Gasteiger partial charge in [-0.1, -0.05) is 42.5 Å². The van der Waals surface area contributed by atoms with E-state index in [2.05, 4.69) is 6.07 Å². The molecule has 20 heavy (non-hydrogen) atoms. The normalized spacial score (nSPS) is 21.0. The highest BCUT2D eigenvalue weighted by molar-refractivity contribution is 6.35. The van der Waals surface area contributed by atoms with Crippen molar-refractivity contribution in [2.75, 3.05) is 0 Å². The maximum absolute atomic E-state index is 13.7. The summed E-state index contributed by atoms with van der Waals surface area (Å²) in [5, 5.41) is 20.6. The lowest BCUT2D eigenvalue weighted by molar-refractivity contribution is -0.0635. The van der Waals surface area contributed by atoms with E-state index >= 15 is 0 Å². The van der Waals surface area contributed by atoms with E-state index in [9.17, 15) is 14.8 Å². The van der Waals surface area contributed by atoms with Gasteiger partial charge in [-0.15, -0.1) is 0 Å². The van der Waals surface area contributed by atoms with E-state index < -0.39 is 16.8 Å². The van der Waals surface area contributed by atoms with Crippen LogP contribution in [0.2, 0.25) is 10.0 Å². The fourth-order valence-corrected chi connectivity index (χ4v) is 3.58. The molecule has 1 aliphatic carbocycles. The summed E-state index contributed by atoms with van der Waals surface area (Å²) in [5.41, 5.74) is -2.22. The average Bonchev–Trinajstić information content (AvgIpc) is 2.43. The summed E-state index contributed by atoms with van der Waals surface area (Å²) in [6.07, 6.45) is 3.95. The molecular weight excluding hydrogens is 300 g/mol. The molecule has 0 heterocycles. The molecule has 0 aliphatic heterocycles. The Balaban J connectivity index is 2.54. The molecule has 1 fully saturated rings. The summed E-state index contributed by atoms with van der Waals surface area (Å²) in [6.45, 7) is 1.54. The third kappa shape index (κ3) is 2.41.